The largest absolute Gasteiger partial charge is 0.373 e. The van der Waals surface area contributed by atoms with Crippen LogP contribution in [-0.4, -0.2) is 28.5 Å². The van der Waals surface area contributed by atoms with Crippen molar-refractivity contribution < 1.29 is 0 Å². The third-order valence-corrected chi connectivity index (χ3v) is 5.66. The summed E-state index contributed by atoms with van der Waals surface area (Å²) < 4.78 is 0. The van der Waals surface area contributed by atoms with E-state index < -0.39 is 0 Å². The lowest BCUT2D eigenvalue weighted by Crippen LogP contribution is -2.27. The Kier molecular flexibility index (Phi) is 4.01. The molecule has 0 saturated heterocycles. The Morgan fingerprint density at radius 2 is 2.16 bits per heavy atom. The Labute approximate surface area is 149 Å². The minimum absolute atomic E-state index is 0.378. The van der Waals surface area contributed by atoms with Crippen molar-refractivity contribution in [2.24, 2.45) is 5.18 Å². The van der Waals surface area contributed by atoms with Crippen LogP contribution >= 0.6 is 11.3 Å². The minimum Gasteiger partial charge on any atom is -0.373 e. The fraction of sp³-hybridized carbons (Fsp3) is 0.278. The quantitative estimate of drug-likeness (QED) is 0.661. The molecule has 126 valence electrons. The molecule has 4 heterocycles. The van der Waals surface area contributed by atoms with E-state index >= 15 is 0 Å². The Morgan fingerprint density at radius 3 is 2.92 bits per heavy atom. The molecule has 1 unspecified atom stereocenters. The predicted octanol–water partition coefficient (Wildman–Crippen LogP) is 4.22. The number of thiazole rings is 1. The average Bonchev–Trinajstić information content (AvgIpc) is 3.04. The minimum atomic E-state index is -0.378. The first kappa shape index (κ1) is 15.8. The van der Waals surface area contributed by atoms with Crippen molar-refractivity contribution in [3.05, 3.63) is 53.0 Å². The highest BCUT2D eigenvalue weighted by Crippen LogP contribution is 2.38. The Balaban J connectivity index is 1.78. The molecule has 7 heteroatoms. The smallest absolute Gasteiger partial charge is 0.138 e. The van der Waals surface area contributed by atoms with Gasteiger partial charge >= 0.3 is 0 Å². The van der Waals surface area contributed by atoms with E-state index in [0.717, 1.165) is 44.8 Å². The summed E-state index contributed by atoms with van der Waals surface area (Å²) >= 11 is 1.59. The highest BCUT2D eigenvalue weighted by molar-refractivity contribution is 7.18. The van der Waals surface area contributed by atoms with E-state index in [1.165, 1.54) is 0 Å². The summed E-state index contributed by atoms with van der Waals surface area (Å²) in [4.78, 5) is 27.9. The van der Waals surface area contributed by atoms with Crippen molar-refractivity contribution in [2.45, 2.75) is 19.4 Å². The molecule has 25 heavy (non-hydrogen) atoms. The van der Waals surface area contributed by atoms with Gasteiger partial charge in [0.05, 0.1) is 27.6 Å². The maximum atomic E-state index is 11.2. The van der Waals surface area contributed by atoms with Gasteiger partial charge in [-0.25, -0.2) is 9.97 Å². The Bertz CT molecular complexity index is 924. The van der Waals surface area contributed by atoms with Crippen molar-refractivity contribution in [3.63, 3.8) is 0 Å². The van der Waals surface area contributed by atoms with Crippen LogP contribution in [0, 0.1) is 11.8 Å². The molecule has 0 bridgehead atoms. The zero-order valence-corrected chi connectivity index (χ0v) is 14.8. The van der Waals surface area contributed by atoms with Crippen molar-refractivity contribution in [2.75, 3.05) is 18.5 Å². The lowest BCUT2D eigenvalue weighted by molar-refractivity contribution is 0.596. The van der Waals surface area contributed by atoms with E-state index in [2.05, 4.69) is 20.0 Å². The molecule has 0 fully saturated rings. The first-order chi connectivity index (χ1) is 12.2. The standard InChI is InChI=1S/C18H17N5OS/c1-11-17(25-18(20-11)12-4-3-8-19-10-12)14-5-6-15-16(21-14)13(22-24)7-9-23(15)2/h3-6,8,10,13H,7,9H2,1-2H3. The monoisotopic (exact) mass is 351 g/mol. The van der Waals surface area contributed by atoms with Gasteiger partial charge in [-0.3, -0.25) is 4.98 Å². The summed E-state index contributed by atoms with van der Waals surface area (Å²) in [6, 6.07) is 7.54. The number of anilines is 1. The maximum Gasteiger partial charge on any atom is 0.138 e. The maximum absolute atomic E-state index is 11.2. The van der Waals surface area contributed by atoms with Crippen LogP contribution in [0.3, 0.4) is 0 Å². The van der Waals surface area contributed by atoms with Crippen molar-refractivity contribution in [1.29, 1.82) is 0 Å². The number of aryl methyl sites for hydroxylation is 1. The van der Waals surface area contributed by atoms with E-state index in [4.69, 9.17) is 4.98 Å². The lowest BCUT2D eigenvalue weighted by atomic mass is 10.0. The topological polar surface area (TPSA) is 71.3 Å². The van der Waals surface area contributed by atoms with Gasteiger partial charge in [0, 0.05) is 31.5 Å². The molecule has 3 aromatic heterocycles. The summed E-state index contributed by atoms with van der Waals surface area (Å²) in [7, 11) is 2.01. The van der Waals surface area contributed by atoms with Crippen LogP contribution in [0.5, 0.6) is 0 Å². The first-order valence-electron chi connectivity index (χ1n) is 8.10. The van der Waals surface area contributed by atoms with Crippen LogP contribution in [-0.2, 0) is 0 Å². The molecule has 3 aromatic rings. The summed E-state index contributed by atoms with van der Waals surface area (Å²) in [5.41, 5.74) is 4.50. The van der Waals surface area contributed by atoms with E-state index in [0.29, 0.717) is 6.42 Å². The van der Waals surface area contributed by atoms with Gasteiger partial charge in [-0.2, -0.15) is 4.91 Å². The number of nitrogens with zero attached hydrogens (tertiary/aromatic N) is 5. The van der Waals surface area contributed by atoms with Gasteiger partial charge < -0.3 is 4.90 Å². The molecule has 1 aliphatic rings. The van der Waals surface area contributed by atoms with Gasteiger partial charge in [-0.1, -0.05) is 5.18 Å². The lowest BCUT2D eigenvalue weighted by Gasteiger charge is -2.29. The molecule has 6 nitrogen and oxygen atoms in total. The summed E-state index contributed by atoms with van der Waals surface area (Å²) in [5.74, 6) is 0. The molecule has 4 rings (SSSR count). The predicted molar refractivity (Wildman–Crippen MR) is 99.7 cm³/mol. The van der Waals surface area contributed by atoms with Gasteiger partial charge in [0.15, 0.2) is 0 Å². The Hall–Kier alpha value is -2.67. The number of pyridine rings is 2. The SMILES string of the molecule is Cc1nc(-c2cccnc2)sc1-c1ccc2c(n1)C(N=O)CCN2C. The van der Waals surface area contributed by atoms with Crippen molar-refractivity contribution >= 4 is 17.0 Å². The van der Waals surface area contributed by atoms with Gasteiger partial charge in [-0.05, 0) is 37.6 Å². The summed E-state index contributed by atoms with van der Waals surface area (Å²) in [6.07, 6.45) is 4.26. The fourth-order valence-electron chi connectivity index (χ4n) is 3.08. The molecule has 0 aromatic carbocycles. The normalized spacial score (nSPS) is 16.6. The number of hydrogen-bond acceptors (Lipinski definition) is 7. The molecule has 1 atom stereocenters. The van der Waals surface area contributed by atoms with Gasteiger partial charge in [-0.15, -0.1) is 11.3 Å². The second-order valence-corrected chi connectivity index (χ2v) is 7.11. The molecule has 0 amide bonds. The molecule has 0 saturated carbocycles. The Morgan fingerprint density at radius 1 is 1.28 bits per heavy atom. The van der Waals surface area contributed by atoms with E-state index in [1.807, 2.05) is 44.4 Å². The summed E-state index contributed by atoms with van der Waals surface area (Å²) in [6.45, 7) is 2.80. The third kappa shape index (κ3) is 2.80. The second-order valence-electron chi connectivity index (χ2n) is 6.11. The molecule has 0 spiro atoms. The number of hydrogen-bond donors (Lipinski definition) is 0. The molecular formula is C18H17N5OS. The van der Waals surface area contributed by atoms with Crippen LogP contribution in [0.1, 0.15) is 23.9 Å². The number of fused-ring (bicyclic) bond motifs is 1. The van der Waals surface area contributed by atoms with Crippen LogP contribution in [0.25, 0.3) is 21.1 Å². The van der Waals surface area contributed by atoms with Crippen molar-refractivity contribution in [3.8, 4) is 21.1 Å². The molecular weight excluding hydrogens is 334 g/mol. The summed E-state index contributed by atoms with van der Waals surface area (Å²) in [5, 5.41) is 4.19. The van der Waals surface area contributed by atoms with Gasteiger partial charge in [0.2, 0.25) is 0 Å². The second kappa shape index (κ2) is 6.33. The third-order valence-electron chi connectivity index (χ3n) is 4.43. The highest BCUT2D eigenvalue weighted by Gasteiger charge is 2.26. The first-order valence-corrected chi connectivity index (χ1v) is 8.92. The fourth-order valence-corrected chi connectivity index (χ4v) is 4.11. The number of rotatable bonds is 3. The average molecular weight is 351 g/mol. The molecule has 1 aliphatic heterocycles. The van der Waals surface area contributed by atoms with Crippen LogP contribution in [0.15, 0.2) is 41.8 Å². The zero-order valence-electron chi connectivity index (χ0n) is 14.0. The van der Waals surface area contributed by atoms with Crippen LogP contribution < -0.4 is 4.90 Å². The van der Waals surface area contributed by atoms with Crippen LogP contribution in [0.2, 0.25) is 0 Å². The number of aromatic nitrogens is 3. The molecule has 0 aliphatic carbocycles. The van der Waals surface area contributed by atoms with E-state index in [9.17, 15) is 4.91 Å². The van der Waals surface area contributed by atoms with E-state index in [1.54, 1.807) is 17.5 Å². The highest BCUT2D eigenvalue weighted by atomic mass is 32.1. The van der Waals surface area contributed by atoms with Gasteiger partial charge in [0.1, 0.15) is 11.0 Å². The number of nitroso groups, excluding NO2 is 1. The van der Waals surface area contributed by atoms with Gasteiger partial charge in [0.25, 0.3) is 0 Å². The van der Waals surface area contributed by atoms with Crippen LogP contribution in [0.4, 0.5) is 5.69 Å². The zero-order chi connectivity index (χ0) is 17.4. The van der Waals surface area contributed by atoms with Crippen molar-refractivity contribution in [1.82, 2.24) is 15.0 Å². The molecule has 0 radical (unpaired) electrons. The van der Waals surface area contributed by atoms with E-state index in [-0.39, 0.29) is 6.04 Å². The molecule has 0 N–H and O–H groups in total.